The molecule has 0 saturated carbocycles. The monoisotopic (exact) mass is 1620 g/mol. The third-order valence-corrected chi connectivity index (χ3v) is 18.2. The molecule has 114 heavy (non-hydrogen) atoms. The fraction of sp³-hybridized carbons (Fsp3) is 0.616. The Morgan fingerprint density at radius 2 is 0.895 bits per heavy atom. The number of carbonyl (C=O) groups is 16. The Morgan fingerprint density at radius 1 is 0.474 bits per heavy atom. The predicted molar refractivity (Wildman–Crippen MR) is 417 cm³/mol. The van der Waals surface area contributed by atoms with Crippen LogP contribution in [-0.2, 0) is 96.0 Å². The number of amides is 15. The summed E-state index contributed by atoms with van der Waals surface area (Å²) in [6, 6.07) is -9.68. The lowest BCUT2D eigenvalue weighted by Crippen LogP contribution is -2.62. The highest BCUT2D eigenvalue weighted by Gasteiger charge is 2.39. The van der Waals surface area contributed by atoms with Crippen molar-refractivity contribution in [3.05, 3.63) is 72.3 Å². The zero-order chi connectivity index (χ0) is 85.5. The van der Waals surface area contributed by atoms with Gasteiger partial charge in [-0.05, 0) is 101 Å². The van der Waals surface area contributed by atoms with Crippen molar-refractivity contribution in [1.82, 2.24) is 94.4 Å². The van der Waals surface area contributed by atoms with Crippen LogP contribution in [0.25, 0.3) is 0 Å². The van der Waals surface area contributed by atoms with E-state index in [1.165, 1.54) is 32.0 Å². The van der Waals surface area contributed by atoms with Crippen molar-refractivity contribution in [2.75, 3.05) is 32.0 Å². The van der Waals surface area contributed by atoms with E-state index in [-0.39, 0.29) is 69.2 Å². The van der Waals surface area contributed by atoms with Crippen LogP contribution in [0.5, 0.6) is 0 Å². The SMILES string of the molecule is CC[C@H](C)[C@H](NC(=O)[C@H](Cc1c[nH]cn1)NC(=O)[C@H](Cc1c[nH]cn1)NC(=O)[C@@H](N)Cc1ccccc1)C(=O)N[C@@H](CS)C(=O)N[C@@H](CCC(N)=O)C(=O)N[C@@H](C)C(=O)NCC(=O)N[C@@H](CC(C)C)C(=O)N[C@@H](CCCCN)C(=O)N[C@@H](CC(C)C)C(=O)N[C@@H](CC(C)C)C(=O)N[C@H](C(=O)N[C@@H](CO)C(=O)NCC(=O)O)[C@@H](C)O. The van der Waals surface area contributed by atoms with Gasteiger partial charge < -0.3 is 117 Å². The summed E-state index contributed by atoms with van der Waals surface area (Å²) in [5.41, 5.74) is 19.0. The Bertz CT molecular complexity index is 3650. The number of nitrogens with zero attached hydrogens (tertiary/aromatic N) is 2. The van der Waals surface area contributed by atoms with Gasteiger partial charge in [-0.2, -0.15) is 12.6 Å². The first kappa shape index (κ1) is 97.5. The van der Waals surface area contributed by atoms with Gasteiger partial charge in [-0.15, -0.1) is 0 Å². The number of nitrogens with two attached hydrogens (primary N) is 3. The Labute approximate surface area is 667 Å². The van der Waals surface area contributed by atoms with E-state index in [1.54, 1.807) is 79.7 Å². The standard InChI is InChI=1S/C73H117N21O19S/c1-11-40(8)59(93-70(110)53(28-45-30-78-36-82-45)90-68(108)52(27-44-29-77-35-81-44)87-62(102)46(75)26-43-17-13-12-14-18-43)72(112)92-55(34-114)71(111)86-48(20-21-56(76)97)64(104)83-41(9)61(101)79-31-57(98)84-49(23-37(2)3)66(106)85-47(19-15-16-22-74)65(105)88-50(24-38(4)5)67(107)89-51(25-39(6)7)69(109)94-60(42(10)96)73(113)91-54(33-95)63(103)80-32-58(99)100/h12-14,17-18,29-30,35-42,46-55,59-60,95-96,114H,11,15-16,19-28,31-34,74-75H2,1-10H3,(H2,76,97)(H,77,81)(H,78,82)(H,79,101)(H,80,103)(H,83,104)(H,84,98)(H,85,106)(H,86,111)(H,87,102)(H,88,105)(H,89,107)(H,90,108)(H,91,113)(H,92,112)(H,93,110)(H,94,109)(H,99,100)/t40-,41-,42+,46-,47-,48-,49-,50-,51-,52-,53-,54-,55-,59-,60-/m0/s1. The molecule has 1 aromatic carbocycles. The Morgan fingerprint density at radius 3 is 1.37 bits per heavy atom. The maximum absolute atomic E-state index is 14.5. The maximum atomic E-state index is 14.5. The molecule has 0 radical (unpaired) electrons. The molecule has 0 bridgehead atoms. The molecule has 2 heterocycles. The van der Waals surface area contributed by atoms with Crippen LogP contribution in [0.2, 0.25) is 0 Å². The minimum Gasteiger partial charge on any atom is -0.480 e. The Hall–Kier alpha value is -10.6. The number of aromatic amines is 2. The molecular formula is C73H117N21O19S. The van der Waals surface area contributed by atoms with Gasteiger partial charge in [-0.25, -0.2) is 9.97 Å². The average molecular weight is 1620 g/mol. The van der Waals surface area contributed by atoms with Crippen LogP contribution >= 0.6 is 12.6 Å². The summed E-state index contributed by atoms with van der Waals surface area (Å²) < 4.78 is 0. The fourth-order valence-electron chi connectivity index (χ4n) is 11.4. The topological polar surface area (TPSA) is 638 Å². The molecule has 634 valence electrons. The minimum atomic E-state index is -1.77. The molecule has 0 saturated heterocycles. The number of H-pyrrole nitrogens is 2. The van der Waals surface area contributed by atoms with Crippen LogP contribution in [0.4, 0.5) is 0 Å². The largest absolute Gasteiger partial charge is 0.480 e. The molecule has 15 amide bonds. The molecule has 0 fully saturated rings. The number of benzene rings is 1. The number of primary amides is 1. The summed E-state index contributed by atoms with van der Waals surface area (Å²) in [4.78, 5) is 232. The van der Waals surface area contributed by atoms with E-state index < -0.39 is 223 Å². The summed E-state index contributed by atoms with van der Waals surface area (Å²) in [6.45, 7) is 13.8. The molecule has 25 N–H and O–H groups in total. The number of hydrogen-bond acceptors (Lipinski definition) is 23. The molecule has 15 atom stereocenters. The number of carboxylic acids is 1. The number of rotatable bonds is 53. The van der Waals surface area contributed by atoms with E-state index in [2.05, 4.69) is 102 Å². The highest BCUT2D eigenvalue weighted by atomic mass is 32.1. The van der Waals surface area contributed by atoms with E-state index in [0.29, 0.717) is 30.7 Å². The Balaban J connectivity index is 1.76. The minimum absolute atomic E-state index is 0.000720. The molecule has 3 rings (SSSR count). The lowest BCUT2D eigenvalue weighted by molar-refractivity contribution is -0.139. The number of imidazole rings is 2. The van der Waals surface area contributed by atoms with Gasteiger partial charge >= 0.3 is 5.97 Å². The van der Waals surface area contributed by atoms with Crippen molar-refractivity contribution in [1.29, 1.82) is 0 Å². The van der Waals surface area contributed by atoms with Crippen molar-refractivity contribution in [3.8, 4) is 0 Å². The van der Waals surface area contributed by atoms with Crippen molar-refractivity contribution in [2.45, 2.75) is 231 Å². The molecule has 2 aromatic heterocycles. The average Bonchev–Trinajstić information content (AvgIpc) is 1.05. The second-order valence-electron chi connectivity index (χ2n) is 29.1. The zero-order valence-electron chi connectivity index (χ0n) is 66.1. The number of aliphatic hydroxyl groups is 2. The van der Waals surface area contributed by atoms with Crippen LogP contribution < -0.4 is 91.6 Å². The molecule has 0 unspecified atom stereocenters. The molecule has 0 aliphatic rings. The van der Waals surface area contributed by atoms with Crippen molar-refractivity contribution in [2.24, 2.45) is 40.9 Å². The molecule has 40 nitrogen and oxygen atoms in total. The second-order valence-corrected chi connectivity index (χ2v) is 29.5. The molecule has 41 heteroatoms. The molecule has 0 aliphatic heterocycles. The molecule has 0 spiro atoms. The Kier molecular flexibility index (Phi) is 43.2. The lowest BCUT2D eigenvalue weighted by Gasteiger charge is -2.29. The van der Waals surface area contributed by atoms with E-state index in [9.17, 15) is 86.9 Å². The highest BCUT2D eigenvalue weighted by molar-refractivity contribution is 7.80. The van der Waals surface area contributed by atoms with Gasteiger partial charge in [-0.3, -0.25) is 76.7 Å². The van der Waals surface area contributed by atoms with Crippen molar-refractivity contribution < 1.29 is 92.0 Å². The van der Waals surface area contributed by atoms with Crippen molar-refractivity contribution >= 4 is 107 Å². The van der Waals surface area contributed by atoms with Gasteiger partial charge in [0.15, 0.2) is 0 Å². The number of unbranched alkanes of at least 4 members (excludes halogenated alkanes) is 1. The van der Waals surface area contributed by atoms with E-state index in [1.807, 2.05) is 11.4 Å². The van der Waals surface area contributed by atoms with Crippen LogP contribution in [0.3, 0.4) is 0 Å². The summed E-state index contributed by atoms with van der Waals surface area (Å²) in [5, 5.41) is 64.2. The third kappa shape index (κ3) is 35.6. The van der Waals surface area contributed by atoms with Crippen molar-refractivity contribution in [3.63, 3.8) is 0 Å². The van der Waals surface area contributed by atoms with Crippen LogP contribution in [0.15, 0.2) is 55.4 Å². The maximum Gasteiger partial charge on any atom is 0.322 e. The first-order chi connectivity index (χ1) is 53.8. The molecular weight excluding hydrogens is 1510 g/mol. The zero-order valence-corrected chi connectivity index (χ0v) is 67.0. The van der Waals surface area contributed by atoms with Gasteiger partial charge in [0, 0.05) is 37.4 Å². The number of aliphatic carboxylic acids is 1. The van der Waals surface area contributed by atoms with E-state index in [0.717, 1.165) is 12.5 Å². The number of aromatic nitrogens is 4. The van der Waals surface area contributed by atoms with Gasteiger partial charge in [0.25, 0.3) is 0 Å². The first-order valence-electron chi connectivity index (χ1n) is 37.8. The van der Waals surface area contributed by atoms with Gasteiger partial charge in [-0.1, -0.05) is 92.1 Å². The summed E-state index contributed by atoms with van der Waals surface area (Å²) in [6.07, 6.45) is 3.99. The number of nitrogens with one attached hydrogen (secondary N) is 16. The van der Waals surface area contributed by atoms with Crippen LogP contribution in [-0.4, -0.2) is 246 Å². The van der Waals surface area contributed by atoms with E-state index >= 15 is 0 Å². The summed E-state index contributed by atoms with van der Waals surface area (Å²) in [7, 11) is 0. The fourth-order valence-corrected chi connectivity index (χ4v) is 11.7. The number of carbonyl (C=O) groups excluding carboxylic acids is 15. The number of thiol groups is 1. The second kappa shape index (κ2) is 50.5. The van der Waals surface area contributed by atoms with Gasteiger partial charge in [0.05, 0.1) is 49.3 Å². The van der Waals surface area contributed by atoms with Gasteiger partial charge in [0.1, 0.15) is 79.0 Å². The molecule has 0 aliphatic carbocycles. The number of hydrogen-bond donors (Lipinski definition) is 23. The predicted octanol–water partition coefficient (Wildman–Crippen LogP) is -5.48. The van der Waals surface area contributed by atoms with Gasteiger partial charge in [0.2, 0.25) is 88.6 Å². The highest BCUT2D eigenvalue weighted by Crippen LogP contribution is 2.16. The van der Waals surface area contributed by atoms with Crippen LogP contribution in [0, 0.1) is 23.7 Å². The summed E-state index contributed by atoms with van der Waals surface area (Å²) >= 11 is 4.30. The smallest absolute Gasteiger partial charge is 0.322 e. The van der Waals surface area contributed by atoms with E-state index in [4.69, 9.17) is 22.3 Å². The first-order valence-corrected chi connectivity index (χ1v) is 38.5. The van der Waals surface area contributed by atoms with Crippen LogP contribution in [0.1, 0.15) is 144 Å². The quantitative estimate of drug-likeness (QED) is 0.0185. The normalized spacial score (nSPS) is 15.2. The third-order valence-electron chi connectivity index (χ3n) is 17.8. The lowest BCUT2D eigenvalue weighted by atomic mass is 9.97. The number of carboxylic acid groups (broad SMARTS) is 1. The summed E-state index contributed by atoms with van der Waals surface area (Å²) in [5.74, 6) is -16.9. The number of aliphatic hydroxyl groups excluding tert-OH is 2. The molecule has 3 aromatic rings.